The van der Waals surface area contributed by atoms with Crippen LogP contribution in [0.1, 0.15) is 39.0 Å². The van der Waals surface area contributed by atoms with Crippen LogP contribution in [-0.4, -0.2) is 90.6 Å². The summed E-state index contributed by atoms with van der Waals surface area (Å²) in [5.41, 5.74) is 5.35. The lowest BCUT2D eigenvalue weighted by molar-refractivity contribution is -0.133. The highest BCUT2D eigenvalue weighted by Gasteiger charge is 2.53. The predicted molar refractivity (Wildman–Crippen MR) is 95.0 cm³/mol. The van der Waals surface area contributed by atoms with Gasteiger partial charge in [-0.2, -0.15) is 0 Å². The standard InChI is InChI=1S/C18H32N4O3/c1-14(23)21-10-8-20(9-11-21)12-16(25-2)13-22-15-4-3-6-18(22,7-5-15)17(19)24/h15-16H,3-13H2,1-2H3,(H2,19,24)/t15-,16?,18+/m1/s1. The van der Waals surface area contributed by atoms with Crippen molar-refractivity contribution in [2.24, 2.45) is 5.73 Å². The van der Waals surface area contributed by atoms with Gasteiger partial charge in [-0.05, 0) is 32.1 Å². The van der Waals surface area contributed by atoms with E-state index in [1.54, 1.807) is 14.0 Å². The molecule has 7 nitrogen and oxygen atoms in total. The van der Waals surface area contributed by atoms with Gasteiger partial charge in [-0.3, -0.25) is 19.4 Å². The predicted octanol–water partition coefficient (Wildman–Crippen LogP) is 0.0379. The lowest BCUT2D eigenvalue weighted by Crippen LogP contribution is -2.60. The van der Waals surface area contributed by atoms with Crippen LogP contribution in [0.25, 0.3) is 0 Å². The Hall–Kier alpha value is -1.18. The Morgan fingerprint density at radius 3 is 2.48 bits per heavy atom. The molecule has 2 N–H and O–H groups in total. The maximum absolute atomic E-state index is 12.2. The summed E-state index contributed by atoms with van der Waals surface area (Å²) in [6, 6.07) is 0.466. The van der Waals surface area contributed by atoms with Crippen LogP contribution in [0.5, 0.6) is 0 Å². The third-order valence-electron chi connectivity index (χ3n) is 6.48. The number of fused-ring (bicyclic) bond motifs is 2. The van der Waals surface area contributed by atoms with Crippen molar-refractivity contribution in [2.45, 2.75) is 56.7 Å². The number of amides is 2. The minimum atomic E-state index is -0.451. The number of piperazine rings is 1. The van der Waals surface area contributed by atoms with Crippen molar-refractivity contribution in [3.63, 3.8) is 0 Å². The highest BCUT2D eigenvalue weighted by atomic mass is 16.5. The van der Waals surface area contributed by atoms with Gasteiger partial charge in [0.25, 0.3) is 0 Å². The zero-order chi connectivity index (χ0) is 18.0. The number of carbonyl (C=O) groups is 2. The normalized spacial score (nSPS) is 31.9. The first-order valence-electron chi connectivity index (χ1n) is 9.53. The molecular weight excluding hydrogens is 320 g/mol. The lowest BCUT2D eigenvalue weighted by Gasteiger charge is -2.44. The minimum Gasteiger partial charge on any atom is -0.379 e. The Balaban J connectivity index is 1.59. The van der Waals surface area contributed by atoms with E-state index in [1.165, 1.54) is 0 Å². The largest absolute Gasteiger partial charge is 0.379 e. The topological polar surface area (TPSA) is 79.1 Å². The molecule has 3 saturated heterocycles. The van der Waals surface area contributed by atoms with Crippen molar-refractivity contribution in [3.8, 4) is 0 Å². The molecule has 0 aromatic heterocycles. The van der Waals surface area contributed by atoms with Crippen LogP contribution in [0, 0.1) is 0 Å². The van der Waals surface area contributed by atoms with Crippen LogP contribution in [0.2, 0.25) is 0 Å². The Labute approximate surface area is 150 Å². The van der Waals surface area contributed by atoms with E-state index in [4.69, 9.17) is 10.5 Å². The second kappa shape index (κ2) is 7.60. The number of nitrogens with two attached hydrogens (primary N) is 1. The third kappa shape index (κ3) is 3.68. The molecule has 0 radical (unpaired) electrons. The van der Waals surface area contributed by atoms with E-state index < -0.39 is 5.54 Å². The number of rotatable bonds is 6. The van der Waals surface area contributed by atoms with E-state index in [2.05, 4.69) is 9.80 Å². The van der Waals surface area contributed by atoms with Gasteiger partial charge in [0.2, 0.25) is 11.8 Å². The number of nitrogens with zero attached hydrogens (tertiary/aromatic N) is 3. The minimum absolute atomic E-state index is 0.0568. The Kier molecular flexibility index (Phi) is 5.65. The quantitative estimate of drug-likeness (QED) is 0.730. The molecular formula is C18H32N4O3. The first-order chi connectivity index (χ1) is 12.0. The highest BCUT2D eigenvalue weighted by molar-refractivity contribution is 5.85. The van der Waals surface area contributed by atoms with Crippen LogP contribution in [0.4, 0.5) is 0 Å². The Bertz CT molecular complexity index is 503. The molecule has 3 atom stereocenters. The fourth-order valence-electron chi connectivity index (χ4n) is 4.92. The fraction of sp³-hybridized carbons (Fsp3) is 0.889. The van der Waals surface area contributed by atoms with Gasteiger partial charge in [0, 0.05) is 59.3 Å². The molecule has 2 bridgehead atoms. The van der Waals surface area contributed by atoms with E-state index in [-0.39, 0.29) is 17.9 Å². The van der Waals surface area contributed by atoms with Crippen molar-refractivity contribution >= 4 is 11.8 Å². The van der Waals surface area contributed by atoms with Crippen LogP contribution in [0.15, 0.2) is 0 Å². The monoisotopic (exact) mass is 352 g/mol. The molecule has 0 aliphatic carbocycles. The van der Waals surface area contributed by atoms with Gasteiger partial charge in [0.05, 0.1) is 6.10 Å². The molecule has 25 heavy (non-hydrogen) atoms. The van der Waals surface area contributed by atoms with Gasteiger partial charge >= 0.3 is 0 Å². The summed E-state index contributed by atoms with van der Waals surface area (Å²) in [7, 11) is 1.75. The smallest absolute Gasteiger partial charge is 0.237 e. The van der Waals surface area contributed by atoms with E-state index in [0.717, 1.165) is 71.4 Å². The van der Waals surface area contributed by atoms with Crippen molar-refractivity contribution in [1.29, 1.82) is 0 Å². The van der Waals surface area contributed by atoms with E-state index in [1.807, 2.05) is 4.90 Å². The van der Waals surface area contributed by atoms with E-state index in [9.17, 15) is 9.59 Å². The molecule has 3 heterocycles. The average Bonchev–Trinajstić information content (AvgIpc) is 2.80. The SMILES string of the molecule is COC(CN1CCN(C(C)=O)CC1)CN1[C@@H]2CCC[C@@]1(C(N)=O)CC2. The molecule has 1 unspecified atom stereocenters. The van der Waals surface area contributed by atoms with Crippen molar-refractivity contribution in [3.05, 3.63) is 0 Å². The van der Waals surface area contributed by atoms with Crippen LogP contribution in [0.3, 0.4) is 0 Å². The van der Waals surface area contributed by atoms with Gasteiger partial charge in [-0.15, -0.1) is 0 Å². The zero-order valence-electron chi connectivity index (χ0n) is 15.6. The number of hydrogen-bond donors (Lipinski definition) is 1. The molecule has 0 aromatic rings. The molecule has 7 heteroatoms. The summed E-state index contributed by atoms with van der Waals surface area (Å²) >= 11 is 0. The van der Waals surface area contributed by atoms with Crippen LogP contribution >= 0.6 is 0 Å². The molecule has 3 rings (SSSR count). The molecule has 142 valence electrons. The maximum atomic E-state index is 12.2. The summed E-state index contributed by atoms with van der Waals surface area (Å²) in [6.45, 7) is 6.54. The highest BCUT2D eigenvalue weighted by Crippen LogP contribution is 2.44. The number of methoxy groups -OCH3 is 1. The Morgan fingerprint density at radius 2 is 1.88 bits per heavy atom. The van der Waals surface area contributed by atoms with Crippen molar-refractivity contribution < 1.29 is 14.3 Å². The van der Waals surface area contributed by atoms with E-state index >= 15 is 0 Å². The van der Waals surface area contributed by atoms with Gasteiger partial charge in [-0.1, -0.05) is 0 Å². The van der Waals surface area contributed by atoms with Gasteiger partial charge in [0.15, 0.2) is 0 Å². The Morgan fingerprint density at radius 1 is 1.16 bits per heavy atom. The van der Waals surface area contributed by atoms with Gasteiger partial charge in [-0.25, -0.2) is 0 Å². The number of piperidine rings is 1. The molecule has 3 fully saturated rings. The van der Waals surface area contributed by atoms with Gasteiger partial charge < -0.3 is 15.4 Å². The fourth-order valence-corrected chi connectivity index (χ4v) is 4.92. The number of hydrogen-bond acceptors (Lipinski definition) is 5. The van der Waals surface area contributed by atoms with Crippen molar-refractivity contribution in [2.75, 3.05) is 46.4 Å². The van der Waals surface area contributed by atoms with Crippen LogP contribution in [-0.2, 0) is 14.3 Å². The summed E-state index contributed by atoms with van der Waals surface area (Å²) in [5.74, 6) is -0.0177. The summed E-state index contributed by atoms with van der Waals surface area (Å²) in [6.07, 6.45) is 5.14. The molecule has 0 spiro atoms. The van der Waals surface area contributed by atoms with Crippen molar-refractivity contribution in [1.82, 2.24) is 14.7 Å². The first kappa shape index (κ1) is 18.6. The molecule has 2 amide bonds. The van der Waals surface area contributed by atoms with E-state index in [0.29, 0.717) is 6.04 Å². The van der Waals surface area contributed by atoms with Crippen LogP contribution < -0.4 is 5.73 Å². The average molecular weight is 352 g/mol. The molecule has 0 aromatic carbocycles. The second-order valence-corrected chi connectivity index (χ2v) is 7.80. The summed E-state index contributed by atoms with van der Waals surface area (Å²) in [4.78, 5) is 30.3. The second-order valence-electron chi connectivity index (χ2n) is 7.80. The molecule has 3 aliphatic heterocycles. The summed E-state index contributed by atoms with van der Waals surface area (Å²) < 4.78 is 5.76. The lowest BCUT2D eigenvalue weighted by atomic mass is 9.87. The molecule has 0 saturated carbocycles. The maximum Gasteiger partial charge on any atom is 0.237 e. The molecule has 3 aliphatic rings. The van der Waals surface area contributed by atoms with Gasteiger partial charge in [0.1, 0.15) is 5.54 Å². The summed E-state index contributed by atoms with van der Waals surface area (Å²) in [5, 5.41) is 0. The zero-order valence-corrected chi connectivity index (χ0v) is 15.6. The number of primary amides is 1. The number of ether oxygens (including phenoxy) is 1. The third-order valence-corrected chi connectivity index (χ3v) is 6.48. The first-order valence-corrected chi connectivity index (χ1v) is 9.53. The number of carbonyl (C=O) groups excluding carboxylic acids is 2.